The predicted molar refractivity (Wildman–Crippen MR) is 140 cm³/mol. The van der Waals surface area contributed by atoms with Crippen LogP contribution in [0.15, 0.2) is 53.5 Å². The molecular weight excluding hydrogens is 541 g/mol. The first-order chi connectivity index (χ1) is 15.2. The Morgan fingerprint density at radius 1 is 1.00 bits per heavy atom. The molecule has 0 radical (unpaired) electrons. The summed E-state index contributed by atoms with van der Waals surface area (Å²) in [5, 5.41) is 10.1. The Hall–Kier alpha value is -1.88. The van der Waals surface area contributed by atoms with Crippen LogP contribution < -0.4 is 16.0 Å². The maximum absolute atomic E-state index is 12.1. The minimum Gasteiger partial charge on any atom is -0.379 e. The number of morpholine rings is 1. The summed E-state index contributed by atoms with van der Waals surface area (Å²) in [4.78, 5) is 18.8. The van der Waals surface area contributed by atoms with Crippen molar-refractivity contribution < 1.29 is 9.53 Å². The van der Waals surface area contributed by atoms with E-state index in [9.17, 15) is 4.79 Å². The van der Waals surface area contributed by atoms with Crippen LogP contribution in [0.3, 0.4) is 0 Å². The molecule has 0 aliphatic carbocycles. The minimum atomic E-state index is -0.126. The van der Waals surface area contributed by atoms with Crippen molar-refractivity contribution in [2.75, 3.05) is 46.4 Å². The Morgan fingerprint density at radius 2 is 1.66 bits per heavy atom. The van der Waals surface area contributed by atoms with E-state index in [4.69, 9.17) is 16.3 Å². The molecule has 0 saturated carbocycles. The van der Waals surface area contributed by atoms with E-state index in [2.05, 4.69) is 50.1 Å². The molecule has 1 fully saturated rings. The fraction of sp³-hybridized carbons (Fsp3) is 0.391. The number of nitrogens with zero attached hydrogens (tertiary/aromatic N) is 2. The molecule has 1 aliphatic heterocycles. The first-order valence-electron chi connectivity index (χ1n) is 10.5. The van der Waals surface area contributed by atoms with Gasteiger partial charge >= 0.3 is 0 Å². The van der Waals surface area contributed by atoms with E-state index >= 15 is 0 Å². The lowest BCUT2D eigenvalue weighted by atomic mass is 10.1. The highest BCUT2D eigenvalue weighted by Crippen LogP contribution is 2.13. The maximum Gasteiger partial charge on any atom is 0.251 e. The number of halogens is 2. The quantitative estimate of drug-likeness (QED) is 0.197. The Bertz CT molecular complexity index is 873. The molecule has 174 valence electrons. The summed E-state index contributed by atoms with van der Waals surface area (Å²) in [7, 11) is 1.74. The molecule has 1 saturated heterocycles. The molecule has 0 aromatic heterocycles. The van der Waals surface area contributed by atoms with Crippen LogP contribution in [0, 0.1) is 0 Å². The first-order valence-corrected chi connectivity index (χ1v) is 10.9. The molecule has 0 atom stereocenters. The van der Waals surface area contributed by atoms with Crippen molar-refractivity contribution >= 4 is 47.4 Å². The third-order valence-corrected chi connectivity index (χ3v) is 5.35. The zero-order chi connectivity index (χ0) is 21.9. The van der Waals surface area contributed by atoms with Crippen LogP contribution in [0.1, 0.15) is 21.5 Å². The van der Waals surface area contributed by atoms with Crippen LogP contribution in [0.4, 0.5) is 0 Å². The Balaban J connectivity index is 0.00000363. The number of ether oxygens (including phenoxy) is 1. The monoisotopic (exact) mass is 571 g/mol. The molecule has 0 spiro atoms. The summed E-state index contributed by atoms with van der Waals surface area (Å²) in [5.74, 6) is 0.570. The smallest absolute Gasteiger partial charge is 0.251 e. The topological polar surface area (TPSA) is 78.0 Å². The third-order valence-electron chi connectivity index (χ3n) is 5.10. The maximum atomic E-state index is 12.1. The number of carbonyl (C=O) groups excluding carboxylic acids is 1. The van der Waals surface area contributed by atoms with Gasteiger partial charge in [0.15, 0.2) is 5.96 Å². The van der Waals surface area contributed by atoms with Gasteiger partial charge in [0, 0.05) is 56.9 Å². The van der Waals surface area contributed by atoms with Crippen molar-refractivity contribution in [3.8, 4) is 0 Å². The standard InChI is InChI=1S/C23H30ClN5O2.HI/c1-25-23(27-11-10-26-22(30)18-6-8-21(24)9-7-18)28-16-19-4-2-3-5-20(19)17-29-12-14-31-15-13-29;/h2-9H,10-17H2,1H3,(H,26,30)(H2,25,27,28);1H. The molecule has 0 unspecified atom stereocenters. The highest BCUT2D eigenvalue weighted by molar-refractivity contribution is 14.0. The summed E-state index contributed by atoms with van der Waals surface area (Å²) >= 11 is 5.86. The Labute approximate surface area is 212 Å². The van der Waals surface area contributed by atoms with E-state index < -0.39 is 0 Å². The summed E-state index contributed by atoms with van der Waals surface area (Å²) in [5.41, 5.74) is 3.14. The average molecular weight is 572 g/mol. The van der Waals surface area contributed by atoms with Crippen LogP contribution in [0.5, 0.6) is 0 Å². The average Bonchev–Trinajstić information content (AvgIpc) is 2.80. The first kappa shape index (κ1) is 26.4. The molecule has 2 aromatic rings. The molecule has 1 heterocycles. The number of guanidine groups is 1. The lowest BCUT2D eigenvalue weighted by Gasteiger charge is -2.27. The van der Waals surface area contributed by atoms with Crippen LogP contribution in [-0.2, 0) is 17.8 Å². The van der Waals surface area contributed by atoms with Crippen molar-refractivity contribution in [2.45, 2.75) is 13.1 Å². The van der Waals surface area contributed by atoms with E-state index in [0.717, 1.165) is 32.8 Å². The van der Waals surface area contributed by atoms with Crippen molar-refractivity contribution in [1.82, 2.24) is 20.9 Å². The van der Waals surface area contributed by atoms with Gasteiger partial charge in [-0.2, -0.15) is 0 Å². The normalized spacial score (nSPS) is 14.4. The molecule has 9 heteroatoms. The second kappa shape index (κ2) is 14.3. The van der Waals surface area contributed by atoms with Crippen molar-refractivity contribution in [3.63, 3.8) is 0 Å². The second-order valence-corrected chi connectivity index (χ2v) is 7.71. The summed E-state index contributed by atoms with van der Waals surface area (Å²) in [6.07, 6.45) is 0. The molecule has 7 nitrogen and oxygen atoms in total. The Morgan fingerprint density at radius 3 is 2.34 bits per heavy atom. The number of aliphatic imine (C=N–C) groups is 1. The number of hydrogen-bond acceptors (Lipinski definition) is 4. The van der Waals surface area contributed by atoms with Gasteiger partial charge in [0.1, 0.15) is 0 Å². The van der Waals surface area contributed by atoms with Gasteiger partial charge in [-0.25, -0.2) is 0 Å². The van der Waals surface area contributed by atoms with Gasteiger partial charge in [-0.15, -0.1) is 24.0 Å². The zero-order valence-corrected chi connectivity index (χ0v) is 21.4. The second-order valence-electron chi connectivity index (χ2n) is 7.27. The molecule has 2 aromatic carbocycles. The van der Waals surface area contributed by atoms with Crippen LogP contribution >= 0.6 is 35.6 Å². The van der Waals surface area contributed by atoms with Gasteiger partial charge in [0.05, 0.1) is 13.2 Å². The van der Waals surface area contributed by atoms with Gasteiger partial charge in [0.2, 0.25) is 0 Å². The molecule has 32 heavy (non-hydrogen) atoms. The fourth-order valence-corrected chi connectivity index (χ4v) is 3.47. The SMILES string of the molecule is CN=C(NCCNC(=O)c1ccc(Cl)cc1)NCc1ccccc1CN1CCOCC1.I. The zero-order valence-electron chi connectivity index (χ0n) is 18.3. The van der Waals surface area contributed by atoms with E-state index in [1.54, 1.807) is 31.3 Å². The van der Waals surface area contributed by atoms with Crippen LogP contribution in [-0.4, -0.2) is 63.2 Å². The fourth-order valence-electron chi connectivity index (χ4n) is 3.34. The molecular formula is C23H31ClIN5O2. The van der Waals surface area contributed by atoms with Gasteiger partial charge in [-0.3, -0.25) is 14.7 Å². The van der Waals surface area contributed by atoms with Crippen LogP contribution in [0.2, 0.25) is 5.02 Å². The number of hydrogen-bond donors (Lipinski definition) is 3. The number of carbonyl (C=O) groups is 1. The van der Waals surface area contributed by atoms with E-state index in [1.165, 1.54) is 11.1 Å². The molecule has 3 rings (SSSR count). The van der Waals surface area contributed by atoms with Gasteiger partial charge < -0.3 is 20.7 Å². The van der Waals surface area contributed by atoms with Crippen molar-refractivity contribution in [2.24, 2.45) is 4.99 Å². The molecule has 0 bridgehead atoms. The number of amides is 1. The van der Waals surface area contributed by atoms with Gasteiger partial charge in [-0.1, -0.05) is 35.9 Å². The lowest BCUT2D eigenvalue weighted by Crippen LogP contribution is -2.41. The van der Waals surface area contributed by atoms with E-state index in [1.807, 2.05) is 0 Å². The molecule has 1 aliphatic rings. The van der Waals surface area contributed by atoms with Crippen molar-refractivity contribution in [1.29, 1.82) is 0 Å². The third kappa shape index (κ3) is 8.57. The van der Waals surface area contributed by atoms with Gasteiger partial charge in [0.25, 0.3) is 5.91 Å². The lowest BCUT2D eigenvalue weighted by molar-refractivity contribution is 0.0341. The highest BCUT2D eigenvalue weighted by Gasteiger charge is 2.13. The number of benzene rings is 2. The summed E-state index contributed by atoms with van der Waals surface area (Å²) < 4.78 is 5.44. The summed E-state index contributed by atoms with van der Waals surface area (Å²) in [6.45, 7) is 6.17. The minimum absolute atomic E-state index is 0. The predicted octanol–water partition coefficient (Wildman–Crippen LogP) is 2.89. The molecule has 3 N–H and O–H groups in total. The van der Waals surface area contributed by atoms with E-state index in [0.29, 0.717) is 36.2 Å². The highest BCUT2D eigenvalue weighted by atomic mass is 127. The Kier molecular flexibility index (Phi) is 11.8. The molecule has 1 amide bonds. The van der Waals surface area contributed by atoms with Gasteiger partial charge in [-0.05, 0) is 35.4 Å². The number of nitrogens with one attached hydrogen (secondary N) is 3. The van der Waals surface area contributed by atoms with E-state index in [-0.39, 0.29) is 29.9 Å². The summed E-state index contributed by atoms with van der Waals surface area (Å²) in [6, 6.07) is 15.3. The van der Waals surface area contributed by atoms with Crippen LogP contribution in [0.25, 0.3) is 0 Å². The number of rotatable bonds is 8. The van der Waals surface area contributed by atoms with Crippen molar-refractivity contribution in [3.05, 3.63) is 70.2 Å². The largest absolute Gasteiger partial charge is 0.379 e.